The third-order valence-corrected chi connectivity index (χ3v) is 4.29. The van der Waals surface area contributed by atoms with E-state index in [4.69, 9.17) is 27.9 Å². The number of hydrogen-bond donors (Lipinski definition) is 0. The molecule has 1 aliphatic heterocycles. The van der Waals surface area contributed by atoms with Gasteiger partial charge < -0.3 is 21.7 Å². The molecule has 0 spiro atoms. The molecule has 0 N–H and O–H groups in total. The Bertz CT molecular complexity index is 550. The molecule has 0 aliphatic carbocycles. The first-order valence-corrected chi connectivity index (χ1v) is 8.67. The molecule has 0 radical (unpaired) electrons. The maximum atomic E-state index is 5.76. The fourth-order valence-electron chi connectivity index (χ4n) is 1.61. The Labute approximate surface area is 197 Å². The number of ether oxygens (including phenoxy) is 1. The van der Waals surface area contributed by atoms with Crippen LogP contribution in [0.2, 0.25) is 10.0 Å². The largest absolute Gasteiger partial charge is 2.00 e. The fraction of sp³-hybridized carbons (Fsp3) is 0.368. The number of halogens is 4. The van der Waals surface area contributed by atoms with Crippen LogP contribution in [0, 0.1) is 19.9 Å². The number of hydrogen-bond acceptors (Lipinski definition) is 1. The minimum Gasteiger partial charge on any atom is -1.00 e. The molecule has 25 heavy (non-hydrogen) atoms. The Morgan fingerprint density at radius 3 is 1.88 bits per heavy atom. The zero-order valence-electron chi connectivity index (χ0n) is 13.9. The van der Waals surface area contributed by atoms with Gasteiger partial charge >= 0.3 is 23.1 Å². The summed E-state index contributed by atoms with van der Waals surface area (Å²) < 4.78 is 6.02. The predicted octanol–water partition coefficient (Wildman–Crippen LogP) is 3.92. The maximum Gasteiger partial charge on any atom is 2.00 e. The van der Waals surface area contributed by atoms with E-state index in [1.165, 1.54) is 12.8 Å². The van der Waals surface area contributed by atoms with Crippen LogP contribution in [0.25, 0.3) is 0 Å². The molecule has 2 aromatic rings. The van der Waals surface area contributed by atoms with Crippen LogP contribution in [-0.4, -0.2) is 36.3 Å². The summed E-state index contributed by atoms with van der Waals surface area (Å²) in [6, 6.07) is 14.2. The van der Waals surface area contributed by atoms with E-state index in [2.05, 4.69) is 22.0 Å². The molecule has 1 fully saturated rings. The smallest absolute Gasteiger partial charge is 1.00 e. The molecule has 0 unspecified atom stereocenters. The molecule has 1 heterocycles. The van der Waals surface area contributed by atoms with Crippen molar-refractivity contribution in [3.8, 4) is 0 Å². The van der Waals surface area contributed by atoms with Crippen molar-refractivity contribution in [2.24, 2.45) is 0 Å². The van der Waals surface area contributed by atoms with E-state index in [0.29, 0.717) is 0 Å². The van der Waals surface area contributed by atoms with Gasteiger partial charge in [-0.2, -0.15) is 24.3 Å². The topological polar surface area (TPSA) is 9.23 Å². The monoisotopic (exact) mass is 520 g/mol. The van der Waals surface area contributed by atoms with E-state index in [1.54, 1.807) is 6.07 Å². The van der Waals surface area contributed by atoms with Crippen LogP contribution in [0.4, 0.5) is 0 Å². The van der Waals surface area contributed by atoms with Crippen LogP contribution in [-0.2, 0) is 4.74 Å². The summed E-state index contributed by atoms with van der Waals surface area (Å²) in [5.41, 5.74) is 2.18. The van der Waals surface area contributed by atoms with Gasteiger partial charge in [0.2, 0.25) is 0 Å². The molecule has 0 bridgehead atoms. The van der Waals surface area contributed by atoms with Crippen LogP contribution in [0.5, 0.6) is 0 Å². The zero-order valence-corrected chi connectivity index (χ0v) is 20.0. The average molecular weight is 523 g/mol. The summed E-state index contributed by atoms with van der Waals surface area (Å²) in [6.07, 6.45) is 2.56. The summed E-state index contributed by atoms with van der Waals surface area (Å²) in [7, 11) is 0. The molecular weight excluding hydrogens is 499 g/mol. The van der Waals surface area contributed by atoms with Gasteiger partial charge in [0, 0.05) is 22.7 Å². The Hall–Kier alpha value is 0.706. The van der Waals surface area contributed by atoms with E-state index in [1.807, 2.05) is 44.2 Å². The number of rotatable bonds is 0. The van der Waals surface area contributed by atoms with Crippen molar-refractivity contribution in [3.63, 3.8) is 0 Å². The number of benzene rings is 2. The summed E-state index contributed by atoms with van der Waals surface area (Å²) in [4.78, 5) is 0. The van der Waals surface area contributed by atoms with Gasteiger partial charge in [-0.15, -0.1) is 17.2 Å². The first kappa shape index (κ1) is 30.4. The summed E-state index contributed by atoms with van der Waals surface area (Å²) in [5.74, 6) is 0. The maximum absolute atomic E-state index is 5.76. The second-order valence-corrected chi connectivity index (χ2v) is 6.62. The van der Waals surface area contributed by atoms with Crippen molar-refractivity contribution >= 4 is 62.2 Å². The van der Waals surface area contributed by atoms with Gasteiger partial charge in [0.05, 0.1) is 0 Å². The molecule has 0 atom stereocenters. The second kappa shape index (κ2) is 18.1. The van der Waals surface area contributed by atoms with Gasteiger partial charge in [0.25, 0.3) is 0 Å². The molecule has 0 aromatic heterocycles. The van der Waals surface area contributed by atoms with Crippen LogP contribution in [0.3, 0.4) is 0 Å². The van der Waals surface area contributed by atoms with E-state index in [-0.39, 0.29) is 47.5 Å². The van der Waals surface area contributed by atoms with Crippen molar-refractivity contribution in [3.05, 3.63) is 68.1 Å². The normalized spacial score (nSPS) is 11.2. The van der Waals surface area contributed by atoms with Gasteiger partial charge in [0.15, 0.2) is 0 Å². The quantitative estimate of drug-likeness (QED) is 0.376. The molecule has 136 valence electrons. The Morgan fingerprint density at radius 2 is 1.56 bits per heavy atom. The summed E-state index contributed by atoms with van der Waals surface area (Å²) >= 11 is 14.8. The van der Waals surface area contributed by atoms with E-state index in [0.717, 1.165) is 38.9 Å². The fourth-order valence-corrected chi connectivity index (χ4v) is 2.32. The van der Waals surface area contributed by atoms with Gasteiger partial charge in [-0.25, -0.2) is 0 Å². The van der Waals surface area contributed by atoms with Crippen LogP contribution in [0.15, 0.2) is 40.9 Å². The molecular formula is C19H24Br2Cl2MgO. The Morgan fingerprint density at radius 1 is 1.00 bits per heavy atom. The van der Waals surface area contributed by atoms with E-state index in [9.17, 15) is 0 Å². The average Bonchev–Trinajstić information content (AvgIpc) is 3.07. The molecule has 3 rings (SSSR count). The SMILES string of the molecule is C.C1CCOC1.Cc1c[c-]ccc1Cl.Cc1cc(Br)ccc1Cl.[Br-].[Mg+2]. The third kappa shape index (κ3) is 14.4. The predicted molar refractivity (Wildman–Crippen MR) is 111 cm³/mol. The molecule has 1 aliphatic rings. The standard InChI is InChI=1S/C7H6BrCl.C7H6Cl.C4H8O.CH4.BrH.Mg/c1-5-4-6(8)2-3-7(5)9;1-6-4-2-3-5-7(6)8;1-2-4-5-3-1;;;/h2-4H,1H3;3-5H,1H3;1-4H2;1H4;1H;/q;-1;;;;+2/p-1. The molecule has 6 heteroatoms. The zero-order chi connectivity index (χ0) is 16.4. The number of aryl methyl sites for hydroxylation is 2. The van der Waals surface area contributed by atoms with Gasteiger partial charge in [-0.3, -0.25) is 0 Å². The van der Waals surface area contributed by atoms with Crippen LogP contribution < -0.4 is 17.0 Å². The minimum atomic E-state index is 0. The van der Waals surface area contributed by atoms with Crippen molar-refractivity contribution in [2.45, 2.75) is 34.1 Å². The van der Waals surface area contributed by atoms with Crippen molar-refractivity contribution < 1.29 is 21.7 Å². The summed E-state index contributed by atoms with van der Waals surface area (Å²) in [5, 5.41) is 1.63. The van der Waals surface area contributed by atoms with Crippen molar-refractivity contribution in [1.29, 1.82) is 0 Å². The first-order chi connectivity index (χ1) is 10.5. The molecule has 2 aromatic carbocycles. The van der Waals surface area contributed by atoms with Crippen LogP contribution >= 0.6 is 39.1 Å². The molecule has 0 amide bonds. The van der Waals surface area contributed by atoms with E-state index >= 15 is 0 Å². The first-order valence-electron chi connectivity index (χ1n) is 7.12. The third-order valence-electron chi connectivity index (χ3n) is 2.95. The van der Waals surface area contributed by atoms with Crippen molar-refractivity contribution in [1.82, 2.24) is 0 Å². The van der Waals surface area contributed by atoms with E-state index < -0.39 is 0 Å². The van der Waals surface area contributed by atoms with Crippen LogP contribution in [0.1, 0.15) is 31.4 Å². The van der Waals surface area contributed by atoms with Gasteiger partial charge in [-0.05, 0) is 43.5 Å². The van der Waals surface area contributed by atoms with Gasteiger partial charge in [0.1, 0.15) is 0 Å². The molecule has 1 saturated heterocycles. The molecule has 0 saturated carbocycles. The summed E-state index contributed by atoms with van der Waals surface area (Å²) in [6.45, 7) is 5.94. The minimum absolute atomic E-state index is 0. The Balaban J connectivity index is -0.000000282. The van der Waals surface area contributed by atoms with Crippen molar-refractivity contribution in [2.75, 3.05) is 13.2 Å². The Kier molecular flexibility index (Phi) is 22.0. The van der Waals surface area contributed by atoms with Gasteiger partial charge in [-0.1, -0.05) is 46.9 Å². The molecule has 1 nitrogen and oxygen atoms in total. The second-order valence-electron chi connectivity index (χ2n) is 4.89.